The minimum atomic E-state index is -0.539. The van der Waals surface area contributed by atoms with Crippen molar-refractivity contribution in [3.05, 3.63) is 35.4 Å². The van der Waals surface area contributed by atoms with Crippen LogP contribution in [0.4, 0.5) is 8.78 Å². The van der Waals surface area contributed by atoms with E-state index < -0.39 is 11.6 Å². The first-order valence-electron chi connectivity index (χ1n) is 7.12. The van der Waals surface area contributed by atoms with Crippen LogP contribution in [0, 0.1) is 17.6 Å². The van der Waals surface area contributed by atoms with Crippen LogP contribution in [0.25, 0.3) is 0 Å². The molecular weight excluding hydrogens is 262 g/mol. The van der Waals surface area contributed by atoms with Gasteiger partial charge in [0.25, 0.3) is 0 Å². The van der Waals surface area contributed by atoms with Crippen LogP contribution in [-0.4, -0.2) is 37.0 Å². The fourth-order valence-electron chi connectivity index (χ4n) is 2.95. The van der Waals surface area contributed by atoms with Gasteiger partial charge in [-0.3, -0.25) is 4.79 Å². The minimum Gasteiger partial charge on any atom is -0.341 e. The summed E-state index contributed by atoms with van der Waals surface area (Å²) in [5.74, 6) is -1.58. The maximum absolute atomic E-state index is 13.7. The van der Waals surface area contributed by atoms with Gasteiger partial charge in [-0.05, 0) is 31.5 Å². The summed E-state index contributed by atoms with van der Waals surface area (Å²) in [5, 5.41) is 3.24. The first-order valence-corrected chi connectivity index (χ1v) is 7.12. The van der Waals surface area contributed by atoms with Crippen LogP contribution in [0.2, 0.25) is 0 Å². The normalized spacial score (nSPS) is 26.2. The Balaban J connectivity index is 1.70. The molecule has 1 aromatic carbocycles. The lowest BCUT2D eigenvalue weighted by Gasteiger charge is -2.20. The molecule has 2 unspecified atom stereocenters. The van der Waals surface area contributed by atoms with Crippen molar-refractivity contribution in [1.82, 2.24) is 10.2 Å². The predicted molar refractivity (Wildman–Crippen MR) is 71.3 cm³/mol. The smallest absolute Gasteiger partial charge is 0.226 e. The Hall–Kier alpha value is -1.49. The second kappa shape index (κ2) is 5.48. The predicted octanol–water partition coefficient (Wildman–Crippen LogP) is 1.89. The summed E-state index contributed by atoms with van der Waals surface area (Å²) in [4.78, 5) is 14.2. The number of carbonyl (C=O) groups is 1. The zero-order valence-electron chi connectivity index (χ0n) is 11.2. The van der Waals surface area contributed by atoms with Gasteiger partial charge >= 0.3 is 0 Å². The van der Waals surface area contributed by atoms with Crippen LogP contribution in [0.1, 0.15) is 24.3 Å². The zero-order valence-corrected chi connectivity index (χ0v) is 11.2. The van der Waals surface area contributed by atoms with Crippen molar-refractivity contribution in [2.24, 2.45) is 5.92 Å². The van der Waals surface area contributed by atoms with Crippen molar-refractivity contribution in [3.63, 3.8) is 0 Å². The van der Waals surface area contributed by atoms with E-state index in [1.54, 1.807) is 0 Å². The molecule has 3 nitrogen and oxygen atoms in total. The van der Waals surface area contributed by atoms with E-state index in [2.05, 4.69) is 5.32 Å². The first kappa shape index (κ1) is 13.5. The molecule has 0 spiro atoms. The topological polar surface area (TPSA) is 32.3 Å². The third-order valence-corrected chi connectivity index (χ3v) is 4.13. The molecule has 2 fully saturated rings. The Morgan fingerprint density at radius 3 is 2.70 bits per heavy atom. The van der Waals surface area contributed by atoms with Crippen molar-refractivity contribution in [2.45, 2.75) is 18.8 Å². The lowest BCUT2D eigenvalue weighted by atomic mass is 10.1. The minimum absolute atomic E-state index is 0.0429. The zero-order chi connectivity index (χ0) is 14.1. The number of hydrogen-bond donors (Lipinski definition) is 1. The summed E-state index contributed by atoms with van der Waals surface area (Å²) >= 11 is 0. The van der Waals surface area contributed by atoms with Gasteiger partial charge in [0.15, 0.2) is 0 Å². The molecule has 0 bridgehead atoms. The number of carbonyl (C=O) groups excluding carboxylic acids is 1. The largest absolute Gasteiger partial charge is 0.341 e. The summed E-state index contributed by atoms with van der Waals surface area (Å²) < 4.78 is 27.4. The van der Waals surface area contributed by atoms with Crippen molar-refractivity contribution in [1.29, 1.82) is 0 Å². The molecule has 2 aliphatic rings. The third-order valence-electron chi connectivity index (χ3n) is 4.13. The van der Waals surface area contributed by atoms with Gasteiger partial charge < -0.3 is 10.2 Å². The fraction of sp³-hybridized carbons (Fsp3) is 0.533. The highest BCUT2D eigenvalue weighted by molar-refractivity contribution is 5.83. The van der Waals surface area contributed by atoms with Crippen LogP contribution >= 0.6 is 0 Å². The van der Waals surface area contributed by atoms with Gasteiger partial charge in [0.2, 0.25) is 5.91 Å². The van der Waals surface area contributed by atoms with Crippen LogP contribution in [0.5, 0.6) is 0 Å². The molecule has 1 N–H and O–H groups in total. The fourth-order valence-corrected chi connectivity index (χ4v) is 2.95. The molecule has 1 saturated heterocycles. The Labute approximate surface area is 117 Å². The van der Waals surface area contributed by atoms with E-state index in [-0.39, 0.29) is 23.3 Å². The van der Waals surface area contributed by atoms with Gasteiger partial charge in [0.05, 0.1) is 0 Å². The Morgan fingerprint density at radius 1 is 1.20 bits per heavy atom. The molecule has 1 aliphatic heterocycles. The maximum atomic E-state index is 13.7. The van der Waals surface area contributed by atoms with Crippen LogP contribution in [-0.2, 0) is 4.79 Å². The average molecular weight is 280 g/mol. The van der Waals surface area contributed by atoms with Crippen LogP contribution in [0.3, 0.4) is 0 Å². The lowest BCUT2D eigenvalue weighted by molar-refractivity contribution is -0.132. The highest BCUT2D eigenvalue weighted by atomic mass is 19.1. The molecule has 1 aliphatic carbocycles. The van der Waals surface area contributed by atoms with Crippen LogP contribution < -0.4 is 5.32 Å². The molecule has 5 heteroatoms. The van der Waals surface area contributed by atoms with Crippen LogP contribution in [0.15, 0.2) is 18.2 Å². The van der Waals surface area contributed by atoms with Gasteiger partial charge in [-0.25, -0.2) is 8.78 Å². The molecule has 0 radical (unpaired) electrons. The lowest BCUT2D eigenvalue weighted by Crippen LogP contribution is -2.35. The molecular formula is C15H18F2N2O. The number of nitrogens with one attached hydrogen (secondary N) is 1. The number of nitrogens with zero attached hydrogens (tertiary/aromatic N) is 1. The number of amides is 1. The van der Waals surface area contributed by atoms with E-state index in [9.17, 15) is 13.6 Å². The van der Waals surface area contributed by atoms with Crippen molar-refractivity contribution in [3.8, 4) is 0 Å². The molecule has 0 aromatic heterocycles. The second-order valence-electron chi connectivity index (χ2n) is 5.51. The number of hydrogen-bond acceptors (Lipinski definition) is 2. The Bertz CT molecular complexity index is 492. The molecule has 1 aromatic rings. The van der Waals surface area contributed by atoms with E-state index in [4.69, 9.17) is 0 Å². The molecule has 1 saturated carbocycles. The highest BCUT2D eigenvalue weighted by Gasteiger charge is 2.48. The molecule has 2 atom stereocenters. The molecule has 3 rings (SSSR count). The molecule has 20 heavy (non-hydrogen) atoms. The van der Waals surface area contributed by atoms with E-state index >= 15 is 0 Å². The average Bonchev–Trinajstić information content (AvgIpc) is 3.22. The van der Waals surface area contributed by atoms with Gasteiger partial charge in [-0.1, -0.05) is 6.07 Å². The summed E-state index contributed by atoms with van der Waals surface area (Å²) in [5.41, 5.74) is 0.0822. The quantitative estimate of drug-likeness (QED) is 0.897. The Kier molecular flexibility index (Phi) is 3.70. The number of rotatable bonds is 2. The van der Waals surface area contributed by atoms with E-state index in [1.165, 1.54) is 18.2 Å². The Morgan fingerprint density at radius 2 is 1.95 bits per heavy atom. The van der Waals surface area contributed by atoms with Crippen molar-refractivity contribution in [2.75, 3.05) is 26.2 Å². The van der Waals surface area contributed by atoms with Crippen molar-refractivity contribution < 1.29 is 13.6 Å². The monoisotopic (exact) mass is 280 g/mol. The first-order chi connectivity index (χ1) is 9.68. The standard InChI is InChI=1S/C15H18F2N2O/c16-12-3-1-4-13(17)14(12)10-9-11(10)15(20)19-7-2-5-18-6-8-19/h1,3-4,10-11,18H,2,5-9H2. The summed E-state index contributed by atoms with van der Waals surface area (Å²) in [6.07, 6.45) is 1.48. The summed E-state index contributed by atoms with van der Waals surface area (Å²) in [6, 6.07) is 3.87. The summed E-state index contributed by atoms with van der Waals surface area (Å²) in [6.45, 7) is 3.12. The SMILES string of the molecule is O=C(C1CC1c1c(F)cccc1F)N1CCCNCC1. The summed E-state index contributed by atoms with van der Waals surface area (Å²) in [7, 11) is 0. The van der Waals surface area contributed by atoms with Gasteiger partial charge in [-0.15, -0.1) is 0 Å². The number of benzene rings is 1. The van der Waals surface area contributed by atoms with Gasteiger partial charge in [-0.2, -0.15) is 0 Å². The number of halogens is 2. The van der Waals surface area contributed by atoms with Crippen molar-refractivity contribution >= 4 is 5.91 Å². The highest BCUT2D eigenvalue weighted by Crippen LogP contribution is 2.50. The van der Waals surface area contributed by atoms with Gasteiger partial charge in [0, 0.05) is 37.0 Å². The maximum Gasteiger partial charge on any atom is 0.226 e. The third kappa shape index (κ3) is 2.54. The van der Waals surface area contributed by atoms with E-state index in [0.717, 1.165) is 26.1 Å². The van der Waals surface area contributed by atoms with E-state index in [1.807, 2.05) is 4.90 Å². The second-order valence-corrected chi connectivity index (χ2v) is 5.51. The molecule has 108 valence electrons. The van der Waals surface area contributed by atoms with E-state index in [0.29, 0.717) is 13.0 Å². The molecule has 1 amide bonds. The van der Waals surface area contributed by atoms with Gasteiger partial charge in [0.1, 0.15) is 11.6 Å². The molecule has 1 heterocycles.